The molecule has 1 amide bonds. The molecule has 0 aliphatic carbocycles. The molecule has 2 aromatic rings. The molecule has 0 unspecified atom stereocenters. The van der Waals surface area contributed by atoms with E-state index in [1.165, 1.54) is 41.3 Å². The predicted molar refractivity (Wildman–Crippen MR) is 97.7 cm³/mol. The number of amides is 1. The van der Waals surface area contributed by atoms with Crippen molar-refractivity contribution in [2.75, 3.05) is 25.4 Å². The van der Waals surface area contributed by atoms with Crippen LogP contribution in [0, 0.1) is 0 Å². The van der Waals surface area contributed by atoms with E-state index in [2.05, 4.69) is 4.72 Å². The van der Waals surface area contributed by atoms with E-state index < -0.39 is 16.0 Å². The van der Waals surface area contributed by atoms with E-state index in [-0.39, 0.29) is 23.0 Å². The highest BCUT2D eigenvalue weighted by atomic mass is 32.2. The van der Waals surface area contributed by atoms with E-state index in [1.807, 2.05) is 0 Å². The number of nitrogens with zero attached hydrogens (tertiary/aromatic N) is 1. The van der Waals surface area contributed by atoms with Crippen molar-refractivity contribution in [2.24, 2.45) is 0 Å². The van der Waals surface area contributed by atoms with Crippen molar-refractivity contribution in [1.82, 2.24) is 4.90 Å². The van der Waals surface area contributed by atoms with Gasteiger partial charge in [0.2, 0.25) is 0 Å². The quantitative estimate of drug-likeness (QED) is 0.782. The molecule has 0 aliphatic heterocycles. The van der Waals surface area contributed by atoms with Crippen molar-refractivity contribution in [2.45, 2.75) is 11.8 Å². The second kappa shape index (κ2) is 8.01. The van der Waals surface area contributed by atoms with Crippen molar-refractivity contribution >= 4 is 27.6 Å². The first kappa shape index (κ1) is 19.5. The van der Waals surface area contributed by atoms with Crippen LogP contribution in [0.15, 0.2) is 53.4 Å². The molecule has 2 aromatic carbocycles. The summed E-state index contributed by atoms with van der Waals surface area (Å²) in [5.41, 5.74) is 1.06. The monoisotopic (exact) mass is 376 g/mol. The second-order valence-corrected chi connectivity index (χ2v) is 7.31. The van der Waals surface area contributed by atoms with E-state index in [9.17, 15) is 18.0 Å². The summed E-state index contributed by atoms with van der Waals surface area (Å²) in [4.78, 5) is 24.9. The van der Waals surface area contributed by atoms with Crippen LogP contribution in [0.25, 0.3) is 0 Å². The van der Waals surface area contributed by atoms with Crippen molar-refractivity contribution in [3.8, 4) is 0 Å². The van der Waals surface area contributed by atoms with E-state index in [0.717, 1.165) is 0 Å². The minimum absolute atomic E-state index is 0.0130. The zero-order valence-electron chi connectivity index (χ0n) is 14.7. The zero-order valence-corrected chi connectivity index (χ0v) is 15.5. The minimum atomic E-state index is -3.81. The Balaban J connectivity index is 2.15. The molecule has 8 heteroatoms. The maximum absolute atomic E-state index is 12.4. The molecule has 7 nitrogen and oxygen atoms in total. The maximum Gasteiger partial charge on any atom is 0.338 e. The summed E-state index contributed by atoms with van der Waals surface area (Å²) in [6, 6.07) is 11.6. The fourth-order valence-corrected chi connectivity index (χ4v) is 3.20. The number of sulfonamides is 1. The molecule has 0 saturated heterocycles. The van der Waals surface area contributed by atoms with Crippen LogP contribution >= 0.6 is 0 Å². The molecular formula is C18H20N2O5S. The first-order chi connectivity index (χ1) is 12.2. The molecule has 0 radical (unpaired) electrons. The molecule has 0 saturated carbocycles. The highest BCUT2D eigenvalue weighted by molar-refractivity contribution is 7.92. The van der Waals surface area contributed by atoms with Gasteiger partial charge in [-0.1, -0.05) is 0 Å². The van der Waals surface area contributed by atoms with E-state index in [0.29, 0.717) is 11.3 Å². The lowest BCUT2D eigenvalue weighted by molar-refractivity contribution is 0.0526. The van der Waals surface area contributed by atoms with Crippen LogP contribution < -0.4 is 4.72 Å². The standard InChI is InChI=1S/C18H20N2O5S/c1-4-25-18(22)14-7-11-16(12-8-14)26(23,24)19-15-9-5-13(6-10-15)17(21)20(2)3/h5-12,19H,4H2,1-3H3. The summed E-state index contributed by atoms with van der Waals surface area (Å²) in [5.74, 6) is -0.681. The summed E-state index contributed by atoms with van der Waals surface area (Å²) in [5, 5.41) is 0. The zero-order chi connectivity index (χ0) is 19.3. The minimum Gasteiger partial charge on any atom is -0.462 e. The Morgan fingerprint density at radius 2 is 1.50 bits per heavy atom. The molecule has 138 valence electrons. The smallest absolute Gasteiger partial charge is 0.338 e. The van der Waals surface area contributed by atoms with Gasteiger partial charge in [0.25, 0.3) is 15.9 Å². The maximum atomic E-state index is 12.4. The average molecular weight is 376 g/mol. The highest BCUT2D eigenvalue weighted by Crippen LogP contribution is 2.18. The molecule has 0 spiro atoms. The number of ether oxygens (including phenoxy) is 1. The summed E-state index contributed by atoms with van der Waals surface area (Å²) in [6.45, 7) is 1.94. The summed E-state index contributed by atoms with van der Waals surface area (Å²) in [6.07, 6.45) is 0. The number of esters is 1. The fourth-order valence-electron chi connectivity index (χ4n) is 2.14. The number of carbonyl (C=O) groups excluding carboxylic acids is 2. The van der Waals surface area contributed by atoms with Crippen molar-refractivity contribution in [3.05, 3.63) is 59.7 Å². The van der Waals surface area contributed by atoms with E-state index in [4.69, 9.17) is 4.74 Å². The van der Waals surface area contributed by atoms with Gasteiger partial charge >= 0.3 is 5.97 Å². The van der Waals surface area contributed by atoms with Crippen molar-refractivity contribution in [1.29, 1.82) is 0 Å². The largest absolute Gasteiger partial charge is 0.462 e. The van der Waals surface area contributed by atoms with Gasteiger partial charge < -0.3 is 9.64 Å². The number of hydrogen-bond donors (Lipinski definition) is 1. The average Bonchev–Trinajstić information content (AvgIpc) is 2.61. The van der Waals surface area contributed by atoms with Crippen LogP contribution in [0.2, 0.25) is 0 Å². The Hall–Kier alpha value is -2.87. The van der Waals surface area contributed by atoms with Gasteiger partial charge in [-0.3, -0.25) is 9.52 Å². The summed E-state index contributed by atoms with van der Waals surface area (Å²) in [7, 11) is -0.539. The Morgan fingerprint density at radius 3 is 2.00 bits per heavy atom. The first-order valence-electron chi connectivity index (χ1n) is 7.86. The van der Waals surface area contributed by atoms with Crippen LogP contribution in [0.3, 0.4) is 0 Å². The molecular weight excluding hydrogens is 356 g/mol. The topological polar surface area (TPSA) is 92.8 Å². The molecule has 0 fully saturated rings. The summed E-state index contributed by atoms with van der Waals surface area (Å²) >= 11 is 0. The van der Waals surface area contributed by atoms with Gasteiger partial charge in [-0.05, 0) is 55.5 Å². The van der Waals surface area contributed by atoms with Gasteiger partial charge in [0.05, 0.1) is 17.1 Å². The Morgan fingerprint density at radius 1 is 0.962 bits per heavy atom. The van der Waals surface area contributed by atoms with Gasteiger partial charge in [0.15, 0.2) is 0 Å². The Labute approximate surface area is 152 Å². The van der Waals surface area contributed by atoms with E-state index >= 15 is 0 Å². The van der Waals surface area contributed by atoms with Crippen LogP contribution in [0.4, 0.5) is 5.69 Å². The van der Waals surface area contributed by atoms with Crippen molar-refractivity contribution < 1.29 is 22.7 Å². The fraction of sp³-hybridized carbons (Fsp3) is 0.222. The Bertz CT molecular complexity index is 888. The second-order valence-electron chi connectivity index (χ2n) is 5.63. The molecule has 0 aromatic heterocycles. The van der Waals surface area contributed by atoms with Gasteiger partial charge in [0, 0.05) is 25.3 Å². The third-order valence-electron chi connectivity index (χ3n) is 3.47. The molecule has 0 heterocycles. The van der Waals surface area contributed by atoms with Crippen LogP contribution in [0.5, 0.6) is 0 Å². The van der Waals surface area contributed by atoms with Crippen molar-refractivity contribution in [3.63, 3.8) is 0 Å². The molecule has 2 rings (SSSR count). The normalized spacial score (nSPS) is 10.9. The highest BCUT2D eigenvalue weighted by Gasteiger charge is 2.16. The number of rotatable bonds is 6. The molecule has 1 N–H and O–H groups in total. The number of hydrogen-bond acceptors (Lipinski definition) is 5. The van der Waals surface area contributed by atoms with Gasteiger partial charge in [-0.25, -0.2) is 13.2 Å². The number of benzene rings is 2. The SMILES string of the molecule is CCOC(=O)c1ccc(S(=O)(=O)Nc2ccc(C(=O)N(C)C)cc2)cc1. The third-order valence-corrected chi connectivity index (χ3v) is 4.86. The lowest BCUT2D eigenvalue weighted by Crippen LogP contribution is -2.21. The van der Waals surface area contributed by atoms with Gasteiger partial charge in [-0.2, -0.15) is 0 Å². The van der Waals surface area contributed by atoms with Crippen LogP contribution in [0.1, 0.15) is 27.6 Å². The molecule has 0 atom stereocenters. The lowest BCUT2D eigenvalue weighted by Gasteiger charge is -2.12. The Kier molecular flexibility index (Phi) is 5.99. The number of anilines is 1. The van der Waals surface area contributed by atoms with Crippen LogP contribution in [-0.4, -0.2) is 45.9 Å². The number of nitrogens with one attached hydrogen (secondary N) is 1. The van der Waals surface area contributed by atoms with E-state index in [1.54, 1.807) is 33.2 Å². The molecule has 0 aliphatic rings. The van der Waals surface area contributed by atoms with Crippen LogP contribution in [-0.2, 0) is 14.8 Å². The number of carbonyl (C=O) groups is 2. The lowest BCUT2D eigenvalue weighted by atomic mass is 10.2. The summed E-state index contributed by atoms with van der Waals surface area (Å²) < 4.78 is 32.2. The van der Waals surface area contributed by atoms with Gasteiger partial charge in [0.1, 0.15) is 0 Å². The predicted octanol–water partition coefficient (Wildman–Crippen LogP) is 2.37. The molecule has 26 heavy (non-hydrogen) atoms. The third kappa shape index (κ3) is 4.60. The first-order valence-corrected chi connectivity index (χ1v) is 9.34. The molecule has 0 bridgehead atoms. The van der Waals surface area contributed by atoms with Gasteiger partial charge in [-0.15, -0.1) is 0 Å².